The molecule has 2 aromatic rings. The van der Waals surface area contributed by atoms with Gasteiger partial charge in [0, 0.05) is 5.69 Å². The van der Waals surface area contributed by atoms with Crippen LogP contribution in [-0.4, -0.2) is 5.11 Å². The summed E-state index contributed by atoms with van der Waals surface area (Å²) in [5, 5.41) is 7.27. The Kier molecular flexibility index (Phi) is 6.80. The number of thiocarbonyl (C=S) groups is 1. The van der Waals surface area contributed by atoms with Crippen LogP contribution in [0, 0.1) is 0 Å². The molecule has 2 aromatic carbocycles. The van der Waals surface area contributed by atoms with E-state index in [1.165, 1.54) is 16.7 Å². The van der Waals surface area contributed by atoms with Gasteiger partial charge in [-0.1, -0.05) is 57.2 Å². The molecule has 24 heavy (non-hydrogen) atoms. The molecular formula is C21H28N2S. The molecular weight excluding hydrogens is 312 g/mol. The molecule has 0 spiro atoms. The van der Waals surface area contributed by atoms with Crippen molar-refractivity contribution in [2.45, 2.75) is 52.5 Å². The molecule has 0 aliphatic heterocycles. The zero-order valence-corrected chi connectivity index (χ0v) is 15.9. The van der Waals surface area contributed by atoms with Gasteiger partial charge >= 0.3 is 0 Å². The summed E-state index contributed by atoms with van der Waals surface area (Å²) in [7, 11) is 0. The topological polar surface area (TPSA) is 24.1 Å². The van der Waals surface area contributed by atoms with E-state index in [0.29, 0.717) is 11.0 Å². The second kappa shape index (κ2) is 8.84. The third-order valence-corrected chi connectivity index (χ3v) is 4.81. The first kappa shape index (κ1) is 18.5. The van der Waals surface area contributed by atoms with Gasteiger partial charge in [-0.05, 0) is 66.7 Å². The fourth-order valence-corrected chi connectivity index (χ4v) is 2.91. The highest BCUT2D eigenvalue weighted by Gasteiger charge is 2.08. The number of hydrogen-bond acceptors (Lipinski definition) is 1. The Morgan fingerprint density at radius 2 is 1.50 bits per heavy atom. The minimum Gasteiger partial charge on any atom is -0.356 e. The lowest BCUT2D eigenvalue weighted by atomic mass is 9.99. The summed E-state index contributed by atoms with van der Waals surface area (Å²) in [4.78, 5) is 0. The molecule has 2 atom stereocenters. The van der Waals surface area contributed by atoms with Gasteiger partial charge in [0.1, 0.15) is 0 Å². The quantitative estimate of drug-likeness (QED) is 0.649. The Morgan fingerprint density at radius 1 is 0.917 bits per heavy atom. The monoisotopic (exact) mass is 340 g/mol. The summed E-state index contributed by atoms with van der Waals surface area (Å²) in [5.74, 6) is 0.593. The average Bonchev–Trinajstić information content (AvgIpc) is 2.61. The summed E-state index contributed by atoms with van der Waals surface area (Å²) in [6.45, 7) is 8.76. The van der Waals surface area contributed by atoms with Crippen LogP contribution in [0.5, 0.6) is 0 Å². The van der Waals surface area contributed by atoms with Gasteiger partial charge in [0.15, 0.2) is 5.11 Å². The van der Waals surface area contributed by atoms with E-state index >= 15 is 0 Å². The van der Waals surface area contributed by atoms with Crippen LogP contribution < -0.4 is 10.6 Å². The molecule has 3 heteroatoms. The molecule has 0 saturated carbocycles. The maximum atomic E-state index is 5.45. The predicted octanol–water partition coefficient (Wildman–Crippen LogP) is 5.81. The fraction of sp³-hybridized carbons (Fsp3) is 0.381. The minimum atomic E-state index is 0.176. The highest BCUT2D eigenvalue weighted by Crippen LogP contribution is 2.20. The first-order valence-corrected chi connectivity index (χ1v) is 9.20. The Bertz CT molecular complexity index is 647. The lowest BCUT2D eigenvalue weighted by Gasteiger charge is -2.18. The SMILES string of the molecule is CCc1ccc(C(C)NC(=S)Nc2ccc(C(C)CC)cc2)cc1. The lowest BCUT2D eigenvalue weighted by molar-refractivity contribution is 0.722. The Balaban J connectivity index is 1.92. The summed E-state index contributed by atoms with van der Waals surface area (Å²) >= 11 is 5.45. The van der Waals surface area contributed by atoms with Crippen molar-refractivity contribution < 1.29 is 0 Å². The van der Waals surface area contributed by atoms with E-state index in [-0.39, 0.29) is 6.04 Å². The van der Waals surface area contributed by atoms with Gasteiger partial charge in [0.05, 0.1) is 6.04 Å². The number of rotatable bonds is 6. The summed E-state index contributed by atoms with van der Waals surface area (Å²) in [6.07, 6.45) is 2.22. The third kappa shape index (κ3) is 5.07. The van der Waals surface area contributed by atoms with E-state index in [1.807, 2.05) is 0 Å². The molecule has 0 aromatic heterocycles. The van der Waals surface area contributed by atoms with E-state index in [9.17, 15) is 0 Å². The molecule has 2 nitrogen and oxygen atoms in total. The standard InChI is InChI=1S/C21H28N2S/c1-5-15(3)18-11-13-20(14-12-18)23-21(24)22-16(4)19-9-7-17(6-2)8-10-19/h7-16H,5-6H2,1-4H3,(H2,22,23,24). The van der Waals surface area contributed by atoms with Crippen LogP contribution >= 0.6 is 12.2 Å². The maximum Gasteiger partial charge on any atom is 0.171 e. The van der Waals surface area contributed by atoms with Gasteiger partial charge in [-0.2, -0.15) is 0 Å². The van der Waals surface area contributed by atoms with Crippen molar-refractivity contribution in [2.24, 2.45) is 0 Å². The first-order valence-electron chi connectivity index (χ1n) is 8.79. The third-order valence-electron chi connectivity index (χ3n) is 4.59. The van der Waals surface area contributed by atoms with Crippen molar-refractivity contribution in [3.63, 3.8) is 0 Å². The van der Waals surface area contributed by atoms with E-state index < -0.39 is 0 Å². The Hall–Kier alpha value is -1.87. The minimum absolute atomic E-state index is 0.176. The van der Waals surface area contributed by atoms with E-state index in [2.05, 4.69) is 86.9 Å². The predicted molar refractivity (Wildman–Crippen MR) is 109 cm³/mol. The molecule has 0 aliphatic rings. The number of benzene rings is 2. The normalized spacial score (nSPS) is 13.2. The largest absolute Gasteiger partial charge is 0.356 e. The van der Waals surface area contributed by atoms with E-state index in [1.54, 1.807) is 0 Å². The van der Waals surface area contributed by atoms with Crippen LogP contribution in [0.4, 0.5) is 5.69 Å². The van der Waals surface area contributed by atoms with Crippen LogP contribution in [0.3, 0.4) is 0 Å². The maximum absolute atomic E-state index is 5.45. The van der Waals surface area contributed by atoms with Gasteiger partial charge in [0.2, 0.25) is 0 Å². The molecule has 128 valence electrons. The Morgan fingerprint density at radius 3 is 2.04 bits per heavy atom. The van der Waals surface area contributed by atoms with Crippen molar-refractivity contribution in [2.75, 3.05) is 5.32 Å². The zero-order valence-electron chi connectivity index (χ0n) is 15.1. The lowest BCUT2D eigenvalue weighted by Crippen LogP contribution is -2.30. The van der Waals surface area contributed by atoms with Crippen LogP contribution in [-0.2, 0) is 6.42 Å². The van der Waals surface area contributed by atoms with Crippen LogP contribution in [0.15, 0.2) is 48.5 Å². The molecule has 0 amide bonds. The molecule has 0 fully saturated rings. The zero-order chi connectivity index (χ0) is 17.5. The number of anilines is 1. The fourth-order valence-electron chi connectivity index (χ4n) is 2.62. The summed E-state index contributed by atoms with van der Waals surface area (Å²) in [5.41, 5.74) is 4.98. The van der Waals surface area contributed by atoms with Crippen molar-refractivity contribution in [1.29, 1.82) is 0 Å². The molecule has 2 rings (SSSR count). The molecule has 0 radical (unpaired) electrons. The van der Waals surface area contributed by atoms with Gasteiger partial charge in [0.25, 0.3) is 0 Å². The van der Waals surface area contributed by atoms with Gasteiger partial charge < -0.3 is 10.6 Å². The van der Waals surface area contributed by atoms with Crippen LogP contribution in [0.2, 0.25) is 0 Å². The van der Waals surface area contributed by atoms with Crippen molar-refractivity contribution in [3.05, 3.63) is 65.2 Å². The van der Waals surface area contributed by atoms with Gasteiger partial charge in [-0.15, -0.1) is 0 Å². The van der Waals surface area contributed by atoms with Crippen molar-refractivity contribution in [1.82, 2.24) is 5.32 Å². The molecule has 0 heterocycles. The highest BCUT2D eigenvalue weighted by molar-refractivity contribution is 7.80. The van der Waals surface area contributed by atoms with Gasteiger partial charge in [-0.25, -0.2) is 0 Å². The van der Waals surface area contributed by atoms with Crippen molar-refractivity contribution >= 4 is 23.0 Å². The van der Waals surface area contributed by atoms with Crippen molar-refractivity contribution in [3.8, 4) is 0 Å². The molecule has 0 bridgehead atoms. The highest BCUT2D eigenvalue weighted by atomic mass is 32.1. The number of nitrogens with one attached hydrogen (secondary N) is 2. The second-order valence-electron chi connectivity index (χ2n) is 6.35. The van der Waals surface area contributed by atoms with Crippen LogP contribution in [0.25, 0.3) is 0 Å². The second-order valence-corrected chi connectivity index (χ2v) is 6.75. The first-order chi connectivity index (χ1) is 11.5. The summed E-state index contributed by atoms with van der Waals surface area (Å²) in [6, 6.07) is 17.4. The number of aryl methyl sites for hydroxylation is 1. The van der Waals surface area contributed by atoms with Crippen LogP contribution in [0.1, 0.15) is 62.8 Å². The average molecular weight is 341 g/mol. The molecule has 0 saturated heterocycles. The van der Waals surface area contributed by atoms with Gasteiger partial charge in [-0.3, -0.25) is 0 Å². The molecule has 2 unspecified atom stereocenters. The smallest absolute Gasteiger partial charge is 0.171 e. The van der Waals surface area contributed by atoms with E-state index in [0.717, 1.165) is 18.5 Å². The Labute approximate surface area is 151 Å². The molecule has 0 aliphatic carbocycles. The molecule has 2 N–H and O–H groups in total. The van der Waals surface area contributed by atoms with E-state index in [4.69, 9.17) is 12.2 Å². The summed E-state index contributed by atoms with van der Waals surface area (Å²) < 4.78 is 0. The number of hydrogen-bond donors (Lipinski definition) is 2.